The molecular weight excluding hydrogens is 344 g/mol. The summed E-state index contributed by atoms with van der Waals surface area (Å²) in [4.78, 5) is 12.0. The molecule has 0 aromatic heterocycles. The number of hydrogen-bond acceptors (Lipinski definition) is 4. The number of rotatable bonds is 3. The molecule has 2 rings (SSSR count). The van der Waals surface area contributed by atoms with Crippen molar-refractivity contribution >= 4 is 14.6 Å². The van der Waals surface area contributed by atoms with Gasteiger partial charge in [-0.05, 0) is 50.9 Å². The van der Waals surface area contributed by atoms with Gasteiger partial charge in [0.05, 0.1) is 19.3 Å². The zero-order valence-electron chi connectivity index (χ0n) is 18.4. The lowest BCUT2D eigenvalue weighted by Gasteiger charge is -2.55. The van der Waals surface area contributed by atoms with Crippen molar-refractivity contribution in [2.75, 3.05) is 13.2 Å². The summed E-state index contributed by atoms with van der Waals surface area (Å²) >= 11 is 0. The van der Waals surface area contributed by atoms with Gasteiger partial charge in [0.1, 0.15) is 6.29 Å². The minimum Gasteiger partial charge on any atom is -0.413 e. The quantitative estimate of drug-likeness (QED) is 0.504. The molecule has 5 heteroatoms. The molecular formula is C21H38O4Si. The van der Waals surface area contributed by atoms with Crippen molar-refractivity contribution in [3.8, 4) is 0 Å². The Balaban J connectivity index is 2.55. The summed E-state index contributed by atoms with van der Waals surface area (Å²) in [6.07, 6.45) is 1.81. The van der Waals surface area contributed by atoms with Crippen LogP contribution >= 0.6 is 0 Å². The van der Waals surface area contributed by atoms with Crippen LogP contribution in [0.15, 0.2) is 11.1 Å². The molecule has 0 unspecified atom stereocenters. The Morgan fingerprint density at radius 2 is 1.65 bits per heavy atom. The molecule has 0 N–H and O–H groups in total. The average molecular weight is 383 g/mol. The van der Waals surface area contributed by atoms with Crippen LogP contribution in [0.5, 0.6) is 0 Å². The van der Waals surface area contributed by atoms with Gasteiger partial charge in [0.15, 0.2) is 14.1 Å². The molecule has 0 radical (unpaired) electrons. The third kappa shape index (κ3) is 3.48. The van der Waals surface area contributed by atoms with E-state index in [2.05, 4.69) is 54.6 Å². The summed E-state index contributed by atoms with van der Waals surface area (Å²) < 4.78 is 19.2. The van der Waals surface area contributed by atoms with Crippen molar-refractivity contribution in [2.45, 2.75) is 91.8 Å². The van der Waals surface area contributed by atoms with E-state index in [0.717, 1.165) is 23.9 Å². The highest BCUT2D eigenvalue weighted by molar-refractivity contribution is 6.74. The molecule has 1 fully saturated rings. The predicted octanol–water partition coefficient (Wildman–Crippen LogP) is 5.09. The fourth-order valence-electron chi connectivity index (χ4n) is 3.86. The fourth-order valence-corrected chi connectivity index (χ4v) is 5.27. The Morgan fingerprint density at radius 1 is 1.12 bits per heavy atom. The van der Waals surface area contributed by atoms with Crippen LogP contribution in [0, 0.1) is 10.8 Å². The van der Waals surface area contributed by atoms with Crippen molar-refractivity contribution in [3.05, 3.63) is 11.1 Å². The van der Waals surface area contributed by atoms with Gasteiger partial charge in [-0.1, -0.05) is 40.2 Å². The van der Waals surface area contributed by atoms with Crippen molar-refractivity contribution < 1.29 is 18.7 Å². The molecule has 0 amide bonds. The number of aldehydes is 1. The molecule has 3 atom stereocenters. The average Bonchev–Trinajstić information content (AvgIpc) is 2.57. The third-order valence-corrected chi connectivity index (χ3v) is 11.8. The summed E-state index contributed by atoms with van der Waals surface area (Å²) in [7, 11) is -1.97. The monoisotopic (exact) mass is 382 g/mol. The highest BCUT2D eigenvalue weighted by Gasteiger charge is 2.59. The van der Waals surface area contributed by atoms with Gasteiger partial charge in [-0.3, -0.25) is 4.79 Å². The summed E-state index contributed by atoms with van der Waals surface area (Å²) in [6.45, 7) is 22.7. The van der Waals surface area contributed by atoms with Gasteiger partial charge >= 0.3 is 0 Å². The van der Waals surface area contributed by atoms with Gasteiger partial charge in [-0.15, -0.1) is 0 Å². The maximum Gasteiger partial charge on any atom is 0.192 e. The predicted molar refractivity (Wildman–Crippen MR) is 108 cm³/mol. The van der Waals surface area contributed by atoms with E-state index in [-0.39, 0.29) is 16.6 Å². The number of carbonyl (C=O) groups is 1. The van der Waals surface area contributed by atoms with Crippen LogP contribution in [0.1, 0.15) is 61.8 Å². The van der Waals surface area contributed by atoms with Gasteiger partial charge in [0.2, 0.25) is 0 Å². The summed E-state index contributed by atoms with van der Waals surface area (Å²) in [5.41, 5.74) is 1.22. The highest BCUT2D eigenvalue weighted by Crippen LogP contribution is 2.57. The smallest absolute Gasteiger partial charge is 0.192 e. The van der Waals surface area contributed by atoms with E-state index in [1.54, 1.807) is 0 Å². The molecule has 4 nitrogen and oxygen atoms in total. The molecule has 0 bridgehead atoms. The zero-order chi connectivity index (χ0) is 20.2. The molecule has 2 aliphatic rings. The van der Waals surface area contributed by atoms with E-state index in [0.29, 0.717) is 13.2 Å². The van der Waals surface area contributed by atoms with E-state index in [1.807, 2.05) is 13.8 Å². The molecule has 1 heterocycles. The lowest BCUT2D eigenvalue weighted by atomic mass is 9.55. The highest BCUT2D eigenvalue weighted by atomic mass is 28.4. The first-order valence-electron chi connectivity index (χ1n) is 9.71. The topological polar surface area (TPSA) is 44.8 Å². The number of ether oxygens (including phenoxy) is 2. The standard InChI is InChI=1S/C21H38O4Si/c1-15-11-17(25-26(9,10)18(2,3)4)21(8)14-24-19(5,6)23-13-20(21,7)16(15)12-22/h12,17H,11,13-14H2,1-10H3/t17-,20-,21+/m0/s1. The van der Waals surface area contributed by atoms with Crippen molar-refractivity contribution in [1.29, 1.82) is 0 Å². The van der Waals surface area contributed by atoms with Crippen LogP contribution in [0.4, 0.5) is 0 Å². The Morgan fingerprint density at radius 3 is 2.15 bits per heavy atom. The first-order chi connectivity index (χ1) is 11.6. The van der Waals surface area contributed by atoms with Gasteiger partial charge in [-0.2, -0.15) is 0 Å². The van der Waals surface area contributed by atoms with E-state index in [1.165, 1.54) is 0 Å². The number of carbonyl (C=O) groups excluding carboxylic acids is 1. The van der Waals surface area contributed by atoms with Crippen LogP contribution in [-0.2, 0) is 18.7 Å². The lowest BCUT2D eigenvalue weighted by Crippen LogP contribution is -2.59. The summed E-state index contributed by atoms with van der Waals surface area (Å²) in [5.74, 6) is -0.660. The van der Waals surface area contributed by atoms with Crippen LogP contribution in [-0.4, -0.2) is 39.7 Å². The third-order valence-electron chi connectivity index (χ3n) is 7.31. The van der Waals surface area contributed by atoms with Crippen molar-refractivity contribution in [2.24, 2.45) is 10.8 Å². The maximum atomic E-state index is 12.0. The number of fused-ring (bicyclic) bond motifs is 1. The van der Waals surface area contributed by atoms with Crippen LogP contribution in [0.3, 0.4) is 0 Å². The first kappa shape index (κ1) is 21.8. The normalized spacial score (nSPS) is 35.7. The first-order valence-corrected chi connectivity index (χ1v) is 12.6. The van der Waals surface area contributed by atoms with E-state index in [4.69, 9.17) is 13.9 Å². The van der Waals surface area contributed by atoms with E-state index in [9.17, 15) is 4.79 Å². The Kier molecular flexibility index (Phi) is 5.48. The second-order valence-corrected chi connectivity index (χ2v) is 15.4. The fraction of sp³-hybridized carbons (Fsp3) is 0.857. The molecule has 0 aromatic rings. The zero-order valence-corrected chi connectivity index (χ0v) is 19.4. The second kappa shape index (κ2) is 6.54. The molecule has 0 spiro atoms. The molecule has 1 saturated heterocycles. The van der Waals surface area contributed by atoms with Crippen LogP contribution in [0.25, 0.3) is 0 Å². The minimum absolute atomic E-state index is 0.00888. The SMILES string of the molecule is CC1=C(C=O)[C@]2(C)COC(C)(C)OC[C@]2(C)[C@@H](O[Si](C)(C)C(C)(C)C)C1. The number of hydrogen-bond donors (Lipinski definition) is 0. The Hall–Kier alpha value is -0.493. The van der Waals surface area contributed by atoms with E-state index < -0.39 is 19.5 Å². The molecule has 0 saturated carbocycles. The van der Waals surface area contributed by atoms with Gasteiger partial charge in [0, 0.05) is 10.8 Å². The lowest BCUT2D eigenvalue weighted by molar-refractivity contribution is -0.207. The second-order valence-electron chi connectivity index (χ2n) is 10.6. The minimum atomic E-state index is -1.97. The van der Waals surface area contributed by atoms with Crippen LogP contribution < -0.4 is 0 Å². The Labute approximate surface area is 160 Å². The summed E-state index contributed by atoms with van der Waals surface area (Å²) in [6, 6.07) is 0. The molecule has 1 aliphatic heterocycles. The van der Waals surface area contributed by atoms with Crippen molar-refractivity contribution in [1.82, 2.24) is 0 Å². The maximum absolute atomic E-state index is 12.0. The molecule has 150 valence electrons. The van der Waals surface area contributed by atoms with E-state index >= 15 is 0 Å². The molecule has 0 aromatic carbocycles. The van der Waals surface area contributed by atoms with Crippen LogP contribution in [0.2, 0.25) is 18.1 Å². The molecule has 26 heavy (non-hydrogen) atoms. The Bertz CT molecular complexity index is 602. The molecule has 1 aliphatic carbocycles. The summed E-state index contributed by atoms with van der Waals surface area (Å²) in [5, 5.41) is 0.129. The van der Waals surface area contributed by atoms with Crippen molar-refractivity contribution in [3.63, 3.8) is 0 Å². The van der Waals surface area contributed by atoms with Gasteiger partial charge < -0.3 is 13.9 Å². The largest absolute Gasteiger partial charge is 0.413 e. The van der Waals surface area contributed by atoms with Gasteiger partial charge in [-0.25, -0.2) is 0 Å². The van der Waals surface area contributed by atoms with Gasteiger partial charge in [0.25, 0.3) is 0 Å².